The molecule has 28 heavy (non-hydrogen) atoms. The highest BCUT2D eigenvalue weighted by molar-refractivity contribution is 7.22. The van der Waals surface area contributed by atoms with Crippen molar-refractivity contribution in [2.45, 2.75) is 0 Å². The lowest BCUT2D eigenvalue weighted by Crippen LogP contribution is -1.92. The molecule has 5 rings (SSSR count). The lowest BCUT2D eigenvalue weighted by molar-refractivity contribution is 0.174. The molecule has 0 spiro atoms. The van der Waals surface area contributed by atoms with E-state index in [1.807, 2.05) is 66.7 Å². The SMILES string of the molecule is C(=N\Nc1nc2ccccc2s1)/c1ccc(Oc2ccc3c(c2)OCO3)cc1. The first-order valence-corrected chi connectivity index (χ1v) is 9.47. The van der Waals surface area contributed by atoms with Crippen molar-refractivity contribution in [2.24, 2.45) is 5.10 Å². The fraction of sp³-hybridized carbons (Fsp3) is 0.0476. The Kier molecular flexibility index (Phi) is 4.27. The molecule has 1 aromatic heterocycles. The van der Waals surface area contributed by atoms with E-state index in [-0.39, 0.29) is 6.79 Å². The van der Waals surface area contributed by atoms with Crippen LogP contribution in [0.2, 0.25) is 0 Å². The zero-order valence-corrected chi connectivity index (χ0v) is 15.5. The number of thiazole rings is 1. The van der Waals surface area contributed by atoms with E-state index in [9.17, 15) is 0 Å². The van der Waals surface area contributed by atoms with Crippen LogP contribution in [0.15, 0.2) is 71.8 Å². The molecular formula is C21H15N3O3S. The number of anilines is 1. The standard InChI is InChI=1S/C21H15N3O3S/c1-2-4-20-17(3-1)23-21(28-20)24-22-12-14-5-7-15(8-6-14)27-16-9-10-18-19(11-16)26-13-25-18/h1-12H,13H2,(H,23,24)/b22-12+. The van der Waals surface area contributed by atoms with Crippen molar-refractivity contribution in [1.29, 1.82) is 0 Å². The topological polar surface area (TPSA) is 65.0 Å². The number of benzene rings is 3. The molecule has 138 valence electrons. The van der Waals surface area contributed by atoms with Crippen LogP contribution < -0.4 is 19.6 Å². The minimum atomic E-state index is 0.248. The van der Waals surface area contributed by atoms with E-state index < -0.39 is 0 Å². The number of hydrogen-bond donors (Lipinski definition) is 1. The predicted octanol–water partition coefficient (Wildman–Crippen LogP) is 5.26. The second-order valence-electron chi connectivity index (χ2n) is 6.04. The molecule has 0 unspecified atom stereocenters. The third-order valence-electron chi connectivity index (χ3n) is 4.13. The molecule has 0 saturated heterocycles. The largest absolute Gasteiger partial charge is 0.457 e. The number of rotatable bonds is 5. The summed E-state index contributed by atoms with van der Waals surface area (Å²) in [6, 6.07) is 21.2. The van der Waals surface area contributed by atoms with E-state index in [1.54, 1.807) is 17.6 Å². The Morgan fingerprint density at radius 3 is 2.68 bits per heavy atom. The van der Waals surface area contributed by atoms with Crippen LogP contribution >= 0.6 is 11.3 Å². The highest BCUT2D eigenvalue weighted by Gasteiger charge is 2.13. The Morgan fingerprint density at radius 1 is 0.964 bits per heavy atom. The fourth-order valence-corrected chi connectivity index (χ4v) is 3.60. The van der Waals surface area contributed by atoms with Crippen LogP contribution in [0.1, 0.15) is 5.56 Å². The molecule has 0 bridgehead atoms. The second kappa shape index (κ2) is 7.21. The zero-order chi connectivity index (χ0) is 18.8. The van der Waals surface area contributed by atoms with Crippen molar-refractivity contribution < 1.29 is 14.2 Å². The molecule has 1 aliphatic heterocycles. The summed E-state index contributed by atoms with van der Waals surface area (Å²) in [4.78, 5) is 4.48. The average Bonchev–Trinajstić information content (AvgIpc) is 3.35. The van der Waals surface area contributed by atoms with E-state index in [2.05, 4.69) is 15.5 Å². The minimum Gasteiger partial charge on any atom is -0.457 e. The molecule has 0 atom stereocenters. The molecule has 0 amide bonds. The van der Waals surface area contributed by atoms with Gasteiger partial charge < -0.3 is 14.2 Å². The number of hydrazone groups is 1. The zero-order valence-electron chi connectivity index (χ0n) is 14.7. The molecule has 3 aromatic carbocycles. The van der Waals surface area contributed by atoms with Crippen molar-refractivity contribution in [3.63, 3.8) is 0 Å². The van der Waals surface area contributed by atoms with Crippen LogP contribution in [0.3, 0.4) is 0 Å². The lowest BCUT2D eigenvalue weighted by Gasteiger charge is -2.06. The van der Waals surface area contributed by atoms with Crippen LogP contribution in [0.25, 0.3) is 10.2 Å². The monoisotopic (exact) mass is 389 g/mol. The quantitative estimate of drug-likeness (QED) is 0.372. The van der Waals surface area contributed by atoms with Gasteiger partial charge in [-0.05, 0) is 54.1 Å². The van der Waals surface area contributed by atoms with Crippen LogP contribution in [0, 0.1) is 0 Å². The van der Waals surface area contributed by atoms with Crippen molar-refractivity contribution in [3.05, 3.63) is 72.3 Å². The number of para-hydroxylation sites is 1. The van der Waals surface area contributed by atoms with Gasteiger partial charge in [-0.25, -0.2) is 4.98 Å². The normalized spacial score (nSPS) is 12.6. The summed E-state index contributed by atoms with van der Waals surface area (Å²) < 4.78 is 17.7. The average molecular weight is 389 g/mol. The number of aromatic nitrogens is 1. The van der Waals surface area contributed by atoms with Gasteiger partial charge in [-0.2, -0.15) is 5.10 Å². The van der Waals surface area contributed by atoms with Gasteiger partial charge in [-0.15, -0.1) is 0 Å². The number of nitrogens with one attached hydrogen (secondary N) is 1. The van der Waals surface area contributed by atoms with Crippen LogP contribution in [-0.4, -0.2) is 18.0 Å². The van der Waals surface area contributed by atoms with E-state index >= 15 is 0 Å². The van der Waals surface area contributed by atoms with Crippen molar-refractivity contribution in [3.8, 4) is 23.0 Å². The summed E-state index contributed by atoms with van der Waals surface area (Å²) >= 11 is 1.57. The van der Waals surface area contributed by atoms with Gasteiger partial charge in [0.1, 0.15) is 11.5 Å². The predicted molar refractivity (Wildman–Crippen MR) is 110 cm³/mol. The molecule has 0 fully saturated rings. The lowest BCUT2D eigenvalue weighted by atomic mass is 10.2. The Morgan fingerprint density at radius 2 is 1.79 bits per heavy atom. The summed E-state index contributed by atoms with van der Waals surface area (Å²) in [7, 11) is 0. The maximum Gasteiger partial charge on any atom is 0.231 e. The minimum absolute atomic E-state index is 0.248. The summed E-state index contributed by atoms with van der Waals surface area (Å²) in [5.41, 5.74) is 4.90. The van der Waals surface area contributed by atoms with Gasteiger partial charge in [0.15, 0.2) is 11.5 Å². The first-order chi connectivity index (χ1) is 13.8. The van der Waals surface area contributed by atoms with Gasteiger partial charge >= 0.3 is 0 Å². The molecule has 2 heterocycles. The Balaban J connectivity index is 1.23. The molecule has 1 N–H and O–H groups in total. The maximum absolute atomic E-state index is 5.86. The number of fused-ring (bicyclic) bond motifs is 2. The molecule has 7 heteroatoms. The van der Waals surface area contributed by atoms with Crippen LogP contribution in [0.4, 0.5) is 5.13 Å². The van der Waals surface area contributed by atoms with Crippen molar-refractivity contribution in [2.75, 3.05) is 12.2 Å². The Hall–Kier alpha value is -3.58. The van der Waals surface area contributed by atoms with Crippen molar-refractivity contribution >= 4 is 32.9 Å². The molecule has 0 radical (unpaired) electrons. The molecular weight excluding hydrogens is 374 g/mol. The first kappa shape index (κ1) is 16.6. The second-order valence-corrected chi connectivity index (χ2v) is 7.07. The van der Waals surface area contributed by atoms with E-state index in [4.69, 9.17) is 14.2 Å². The van der Waals surface area contributed by atoms with Gasteiger partial charge in [-0.1, -0.05) is 23.5 Å². The number of nitrogens with zero attached hydrogens (tertiary/aromatic N) is 2. The van der Waals surface area contributed by atoms with Gasteiger partial charge in [-0.3, -0.25) is 5.43 Å². The Labute approximate surface area is 165 Å². The Bertz CT molecular complexity index is 1120. The summed E-state index contributed by atoms with van der Waals surface area (Å²) in [6.07, 6.45) is 1.75. The highest BCUT2D eigenvalue weighted by Crippen LogP contribution is 2.36. The smallest absolute Gasteiger partial charge is 0.231 e. The van der Waals surface area contributed by atoms with E-state index in [0.717, 1.165) is 32.4 Å². The van der Waals surface area contributed by atoms with E-state index in [1.165, 1.54) is 0 Å². The fourth-order valence-electron chi connectivity index (χ4n) is 2.78. The maximum atomic E-state index is 5.86. The molecule has 0 saturated carbocycles. The van der Waals surface area contributed by atoms with Gasteiger partial charge in [0, 0.05) is 6.07 Å². The molecule has 4 aromatic rings. The summed E-state index contributed by atoms with van der Waals surface area (Å²) in [5.74, 6) is 2.86. The third kappa shape index (κ3) is 3.47. The summed E-state index contributed by atoms with van der Waals surface area (Å²) in [5, 5.41) is 5.03. The van der Waals surface area contributed by atoms with Crippen molar-refractivity contribution in [1.82, 2.24) is 4.98 Å². The molecule has 0 aliphatic carbocycles. The highest BCUT2D eigenvalue weighted by atomic mass is 32.1. The molecule has 1 aliphatic rings. The van der Waals surface area contributed by atoms with Crippen LogP contribution in [-0.2, 0) is 0 Å². The van der Waals surface area contributed by atoms with Gasteiger partial charge in [0.05, 0.1) is 16.4 Å². The number of hydrogen-bond acceptors (Lipinski definition) is 7. The van der Waals surface area contributed by atoms with Gasteiger partial charge in [0.25, 0.3) is 0 Å². The molecule has 6 nitrogen and oxygen atoms in total. The summed E-state index contributed by atoms with van der Waals surface area (Å²) in [6.45, 7) is 0.248. The number of ether oxygens (including phenoxy) is 3. The van der Waals surface area contributed by atoms with Crippen LogP contribution in [0.5, 0.6) is 23.0 Å². The third-order valence-corrected chi connectivity index (χ3v) is 5.07. The first-order valence-electron chi connectivity index (χ1n) is 8.66. The van der Waals surface area contributed by atoms with E-state index in [0.29, 0.717) is 11.5 Å². The van der Waals surface area contributed by atoms with Gasteiger partial charge in [0.2, 0.25) is 11.9 Å².